The summed E-state index contributed by atoms with van der Waals surface area (Å²) in [4.78, 5) is 27.6. The first-order valence-electron chi connectivity index (χ1n) is 12.0. The van der Waals surface area contributed by atoms with E-state index in [9.17, 15) is 54.2 Å². The lowest BCUT2D eigenvalue weighted by Gasteiger charge is -2.45. The number of morpholine rings is 1. The summed E-state index contributed by atoms with van der Waals surface area (Å²) in [6.45, 7) is 1.24. The highest BCUT2D eigenvalue weighted by atomic mass is 19.4. The molecule has 1 aromatic rings. The van der Waals surface area contributed by atoms with Gasteiger partial charge in [-0.25, -0.2) is 9.59 Å². The van der Waals surface area contributed by atoms with Gasteiger partial charge in [-0.2, -0.15) is 39.5 Å². The molecular formula is C23H26F9N3O5. The Bertz CT molecular complexity index is 1050. The quantitative estimate of drug-likeness (QED) is 0.453. The summed E-state index contributed by atoms with van der Waals surface area (Å²) in [6.07, 6.45) is -24.5. The van der Waals surface area contributed by atoms with E-state index in [1.165, 1.54) is 6.92 Å². The zero-order chi connectivity index (χ0) is 30.1. The molecule has 0 aliphatic carbocycles. The molecule has 2 saturated heterocycles. The van der Waals surface area contributed by atoms with Crippen molar-refractivity contribution in [3.63, 3.8) is 0 Å². The molecule has 40 heavy (non-hydrogen) atoms. The monoisotopic (exact) mass is 595 g/mol. The molecule has 2 fully saturated rings. The van der Waals surface area contributed by atoms with Gasteiger partial charge in [-0.15, -0.1) is 0 Å². The number of halogens is 9. The Hall–Kier alpha value is -3.11. The standard InChI is InChI=1S/C23H26F9N3O5/c1-20(4-6-34(7-5-20)19(38)40-17(22(27,28)29)23(30,31)32)35(18(36)37)13-14-2-3-15(21(24,25)26)12-16(14)33-8-10-39-11-9-33/h2-3,12,17H,4-11,13H2,1H3,(H,36,37). The highest BCUT2D eigenvalue weighted by Gasteiger charge is 2.60. The van der Waals surface area contributed by atoms with Gasteiger partial charge in [-0.05, 0) is 37.5 Å². The number of benzene rings is 1. The van der Waals surface area contributed by atoms with Crippen LogP contribution in [0.5, 0.6) is 0 Å². The van der Waals surface area contributed by atoms with Crippen LogP contribution in [-0.4, -0.2) is 90.5 Å². The minimum Gasteiger partial charge on any atom is -0.465 e. The number of alkyl halides is 9. The van der Waals surface area contributed by atoms with E-state index in [4.69, 9.17) is 4.74 Å². The van der Waals surface area contributed by atoms with Crippen LogP contribution in [0.3, 0.4) is 0 Å². The summed E-state index contributed by atoms with van der Waals surface area (Å²) in [5.41, 5.74) is -1.80. The Morgan fingerprint density at radius 3 is 2.02 bits per heavy atom. The second kappa shape index (κ2) is 11.4. The molecule has 2 aliphatic heterocycles. The number of carbonyl (C=O) groups is 2. The van der Waals surface area contributed by atoms with Crippen molar-refractivity contribution >= 4 is 17.9 Å². The van der Waals surface area contributed by atoms with Crippen LogP contribution in [0.25, 0.3) is 0 Å². The van der Waals surface area contributed by atoms with Gasteiger partial charge >= 0.3 is 30.7 Å². The van der Waals surface area contributed by atoms with Gasteiger partial charge in [0.05, 0.1) is 25.3 Å². The predicted molar refractivity (Wildman–Crippen MR) is 120 cm³/mol. The van der Waals surface area contributed by atoms with Crippen LogP contribution in [0.4, 0.5) is 54.8 Å². The number of carbonyl (C=O) groups excluding carboxylic acids is 1. The van der Waals surface area contributed by atoms with Gasteiger partial charge < -0.3 is 24.4 Å². The van der Waals surface area contributed by atoms with Crippen molar-refractivity contribution in [1.29, 1.82) is 0 Å². The number of anilines is 1. The van der Waals surface area contributed by atoms with Gasteiger partial charge in [0, 0.05) is 37.4 Å². The van der Waals surface area contributed by atoms with Crippen molar-refractivity contribution in [3.05, 3.63) is 29.3 Å². The maximum absolute atomic E-state index is 13.4. The molecule has 2 aliphatic rings. The van der Waals surface area contributed by atoms with Gasteiger partial charge in [0.15, 0.2) is 0 Å². The van der Waals surface area contributed by atoms with E-state index >= 15 is 0 Å². The maximum atomic E-state index is 13.4. The minimum absolute atomic E-state index is 0.152. The van der Waals surface area contributed by atoms with Crippen molar-refractivity contribution in [2.45, 2.75) is 56.5 Å². The van der Waals surface area contributed by atoms with Crippen LogP contribution in [0.2, 0.25) is 0 Å². The number of piperidine rings is 1. The third-order valence-corrected chi connectivity index (χ3v) is 6.89. The summed E-state index contributed by atoms with van der Waals surface area (Å²) >= 11 is 0. The number of rotatable bonds is 5. The van der Waals surface area contributed by atoms with Crippen molar-refractivity contribution < 1.29 is 63.7 Å². The molecule has 0 spiro atoms. The van der Waals surface area contributed by atoms with E-state index in [0.717, 1.165) is 23.1 Å². The highest BCUT2D eigenvalue weighted by molar-refractivity contribution is 5.69. The van der Waals surface area contributed by atoms with E-state index in [-0.39, 0.29) is 56.9 Å². The minimum atomic E-state index is -5.89. The van der Waals surface area contributed by atoms with Gasteiger partial charge in [-0.1, -0.05) is 6.07 Å². The van der Waals surface area contributed by atoms with Gasteiger partial charge in [0.1, 0.15) is 0 Å². The molecule has 0 bridgehead atoms. The van der Waals surface area contributed by atoms with Crippen molar-refractivity contribution in [2.75, 3.05) is 44.3 Å². The van der Waals surface area contributed by atoms with Crippen LogP contribution in [0, 0.1) is 0 Å². The lowest BCUT2D eigenvalue weighted by Crippen LogP contribution is -2.57. The number of hydrogen-bond acceptors (Lipinski definition) is 5. The third kappa shape index (κ3) is 7.34. The maximum Gasteiger partial charge on any atom is 0.434 e. The van der Waals surface area contributed by atoms with Crippen LogP contribution in [0.15, 0.2) is 18.2 Å². The lowest BCUT2D eigenvalue weighted by molar-refractivity contribution is -0.308. The average Bonchev–Trinajstić information content (AvgIpc) is 2.84. The zero-order valence-corrected chi connectivity index (χ0v) is 21.0. The van der Waals surface area contributed by atoms with E-state index in [1.54, 1.807) is 4.90 Å². The molecule has 0 aromatic heterocycles. The summed E-state index contributed by atoms with van der Waals surface area (Å²) < 4.78 is 126. The van der Waals surface area contributed by atoms with Crippen molar-refractivity contribution in [3.8, 4) is 0 Å². The fraction of sp³-hybridized carbons (Fsp3) is 0.652. The molecule has 226 valence electrons. The van der Waals surface area contributed by atoms with Crippen molar-refractivity contribution in [1.82, 2.24) is 9.80 Å². The van der Waals surface area contributed by atoms with Crippen LogP contribution in [-0.2, 0) is 22.2 Å². The topological polar surface area (TPSA) is 82.6 Å². The molecule has 0 atom stereocenters. The molecule has 2 heterocycles. The van der Waals surface area contributed by atoms with Crippen LogP contribution >= 0.6 is 0 Å². The van der Waals surface area contributed by atoms with Gasteiger partial charge in [-0.3, -0.25) is 4.90 Å². The first-order chi connectivity index (χ1) is 18.3. The number of amides is 2. The molecule has 3 rings (SSSR count). The number of nitrogens with zero attached hydrogens (tertiary/aromatic N) is 3. The van der Waals surface area contributed by atoms with Gasteiger partial charge in [0.2, 0.25) is 0 Å². The van der Waals surface area contributed by atoms with E-state index < -0.39 is 61.0 Å². The Morgan fingerprint density at radius 2 is 1.55 bits per heavy atom. The molecular weight excluding hydrogens is 569 g/mol. The summed E-state index contributed by atoms with van der Waals surface area (Å²) in [6, 6.07) is 2.89. The Balaban J connectivity index is 1.79. The normalized spacial score (nSPS) is 18.6. The Labute approximate surface area is 222 Å². The Morgan fingerprint density at radius 1 is 1.00 bits per heavy atom. The molecule has 17 heteroatoms. The first kappa shape index (κ1) is 31.4. The lowest BCUT2D eigenvalue weighted by atomic mass is 9.87. The second-order valence-corrected chi connectivity index (χ2v) is 9.64. The summed E-state index contributed by atoms with van der Waals surface area (Å²) in [5.74, 6) is 0. The smallest absolute Gasteiger partial charge is 0.434 e. The highest BCUT2D eigenvalue weighted by Crippen LogP contribution is 2.38. The molecule has 1 N–H and O–H groups in total. The van der Waals surface area contributed by atoms with Gasteiger partial charge in [0.25, 0.3) is 6.10 Å². The van der Waals surface area contributed by atoms with Crippen molar-refractivity contribution in [2.24, 2.45) is 0 Å². The number of hydrogen-bond donors (Lipinski definition) is 1. The number of carboxylic acid groups (broad SMARTS) is 1. The Kier molecular flexibility index (Phi) is 8.96. The molecule has 1 aromatic carbocycles. The van der Waals surface area contributed by atoms with Crippen LogP contribution < -0.4 is 4.90 Å². The molecule has 2 amide bonds. The molecule has 0 saturated carbocycles. The first-order valence-corrected chi connectivity index (χ1v) is 12.0. The summed E-state index contributed by atoms with van der Waals surface area (Å²) in [5, 5.41) is 9.97. The fourth-order valence-corrected chi connectivity index (χ4v) is 4.57. The second-order valence-electron chi connectivity index (χ2n) is 9.64. The van der Waals surface area contributed by atoms with E-state index in [2.05, 4.69) is 4.74 Å². The number of likely N-dealkylation sites (tertiary alicyclic amines) is 1. The SMILES string of the molecule is CC1(N(Cc2ccc(C(F)(F)F)cc2N2CCOCC2)C(=O)O)CCN(C(=O)OC(C(F)(F)F)C(F)(F)F)CC1. The fourth-order valence-electron chi connectivity index (χ4n) is 4.57. The summed E-state index contributed by atoms with van der Waals surface area (Å²) in [7, 11) is 0. The van der Waals surface area contributed by atoms with Crippen LogP contribution in [0.1, 0.15) is 30.9 Å². The molecule has 8 nitrogen and oxygen atoms in total. The van der Waals surface area contributed by atoms with E-state index in [0.29, 0.717) is 4.90 Å². The zero-order valence-electron chi connectivity index (χ0n) is 21.0. The number of ether oxygens (including phenoxy) is 2. The average molecular weight is 595 g/mol. The largest absolute Gasteiger partial charge is 0.465 e. The third-order valence-electron chi connectivity index (χ3n) is 6.89. The predicted octanol–water partition coefficient (Wildman–Crippen LogP) is 5.51. The molecule has 0 radical (unpaired) electrons. The molecule has 0 unspecified atom stereocenters. The van der Waals surface area contributed by atoms with E-state index in [1.807, 2.05) is 0 Å².